The number of fused-ring (bicyclic) bond motifs is 1. The Hall–Kier alpha value is -3.86. The first-order chi connectivity index (χ1) is 20.8. The van der Waals surface area contributed by atoms with E-state index in [4.69, 9.17) is 16.3 Å². The summed E-state index contributed by atoms with van der Waals surface area (Å²) in [6.45, 7) is 5.25. The first-order valence-electron chi connectivity index (χ1n) is 14.2. The van der Waals surface area contributed by atoms with Crippen LogP contribution in [-0.4, -0.2) is 58.2 Å². The number of halogens is 2. The molecule has 1 N–H and O–H groups in total. The maximum Gasteiger partial charge on any atom is 0.333 e. The van der Waals surface area contributed by atoms with Gasteiger partial charge in [-0.2, -0.15) is 0 Å². The minimum atomic E-state index is -0.387. The second kappa shape index (κ2) is 12.4. The SMILES string of the molecule is CC1CN(c2ccc(-n3c(C(=O)NCc4ccccc4)c4n(c3=O)CCN(C(=O)c3ccc(Br)c(Cl)c3)C4)cc2)CCO1. The summed E-state index contributed by atoms with van der Waals surface area (Å²) < 4.78 is 9.44. The number of anilines is 1. The van der Waals surface area contributed by atoms with Crippen molar-refractivity contribution in [1.82, 2.24) is 19.4 Å². The molecule has 3 aromatic carbocycles. The molecule has 0 bridgehead atoms. The molecule has 2 aliphatic heterocycles. The fraction of sp³-hybridized carbons (Fsp3) is 0.281. The molecule has 0 aliphatic carbocycles. The highest BCUT2D eigenvalue weighted by molar-refractivity contribution is 9.10. The van der Waals surface area contributed by atoms with Gasteiger partial charge < -0.3 is 19.9 Å². The number of rotatable bonds is 6. The van der Waals surface area contributed by atoms with Crippen molar-refractivity contribution in [2.45, 2.75) is 32.7 Å². The number of carbonyl (C=O) groups excluding carboxylic acids is 2. The number of ether oxygens (including phenoxy) is 1. The van der Waals surface area contributed by atoms with Gasteiger partial charge in [0.15, 0.2) is 0 Å². The van der Waals surface area contributed by atoms with E-state index >= 15 is 0 Å². The molecule has 222 valence electrons. The number of hydrogen-bond acceptors (Lipinski definition) is 5. The molecule has 2 aliphatic rings. The number of nitrogens with one attached hydrogen (secondary N) is 1. The quantitative estimate of drug-likeness (QED) is 0.318. The summed E-state index contributed by atoms with van der Waals surface area (Å²) in [5.74, 6) is -0.609. The van der Waals surface area contributed by atoms with Gasteiger partial charge in [-0.25, -0.2) is 4.79 Å². The topological polar surface area (TPSA) is 88.8 Å². The predicted molar refractivity (Wildman–Crippen MR) is 169 cm³/mol. The normalized spacial score (nSPS) is 16.6. The molecule has 1 unspecified atom stereocenters. The fourth-order valence-corrected chi connectivity index (χ4v) is 6.07. The van der Waals surface area contributed by atoms with Crippen molar-refractivity contribution in [1.29, 1.82) is 0 Å². The van der Waals surface area contributed by atoms with Crippen molar-refractivity contribution < 1.29 is 14.3 Å². The maximum absolute atomic E-state index is 13.9. The van der Waals surface area contributed by atoms with Crippen LogP contribution in [0, 0.1) is 0 Å². The number of imidazole rings is 1. The van der Waals surface area contributed by atoms with E-state index in [9.17, 15) is 14.4 Å². The Bertz CT molecular complexity index is 1720. The molecular formula is C32H31BrClN5O4. The molecule has 1 fully saturated rings. The smallest absolute Gasteiger partial charge is 0.333 e. The standard InChI is InChI=1S/C32H31BrClN5O4/c1-21-19-36(15-16-43-21)24-8-10-25(11-9-24)39-29(30(40)35-18-22-5-3-2-4-6-22)28-20-37(13-14-38(28)32(39)42)31(41)23-7-12-26(33)27(34)17-23/h2-12,17,21H,13-16,18-20H2,1H3,(H,35,40). The minimum absolute atomic E-state index is 0.104. The van der Waals surface area contributed by atoms with Gasteiger partial charge in [0.1, 0.15) is 5.69 Å². The maximum atomic E-state index is 13.9. The van der Waals surface area contributed by atoms with Gasteiger partial charge in [0.25, 0.3) is 11.8 Å². The number of carbonyl (C=O) groups is 2. The number of aromatic nitrogens is 2. The molecule has 0 saturated carbocycles. The average molecular weight is 665 g/mol. The van der Waals surface area contributed by atoms with Crippen LogP contribution in [0.2, 0.25) is 5.02 Å². The molecular weight excluding hydrogens is 634 g/mol. The third-order valence-electron chi connectivity index (χ3n) is 7.86. The third-order valence-corrected chi connectivity index (χ3v) is 9.09. The molecule has 6 rings (SSSR count). The fourth-order valence-electron chi connectivity index (χ4n) is 5.64. The van der Waals surface area contributed by atoms with E-state index in [1.54, 1.807) is 27.7 Å². The van der Waals surface area contributed by atoms with Crippen LogP contribution in [0.1, 0.15) is 39.0 Å². The Kier molecular flexibility index (Phi) is 8.43. The van der Waals surface area contributed by atoms with Gasteiger partial charge in [0, 0.05) is 48.4 Å². The molecule has 4 aromatic rings. The zero-order valence-corrected chi connectivity index (χ0v) is 26.0. The van der Waals surface area contributed by atoms with Crippen molar-refractivity contribution in [3.8, 4) is 5.69 Å². The summed E-state index contributed by atoms with van der Waals surface area (Å²) in [6, 6.07) is 22.3. The molecule has 1 aromatic heterocycles. The Balaban J connectivity index is 1.35. The summed E-state index contributed by atoms with van der Waals surface area (Å²) in [7, 11) is 0. The molecule has 2 amide bonds. The van der Waals surface area contributed by atoms with Crippen LogP contribution in [0.4, 0.5) is 5.69 Å². The molecule has 43 heavy (non-hydrogen) atoms. The average Bonchev–Trinajstić information content (AvgIpc) is 3.32. The van der Waals surface area contributed by atoms with E-state index in [2.05, 4.69) is 26.1 Å². The highest BCUT2D eigenvalue weighted by Gasteiger charge is 2.32. The van der Waals surface area contributed by atoms with Crippen LogP contribution in [0.5, 0.6) is 0 Å². The predicted octanol–water partition coefficient (Wildman–Crippen LogP) is 4.87. The number of nitrogens with zero attached hydrogens (tertiary/aromatic N) is 4. The Labute approximate surface area is 262 Å². The zero-order valence-electron chi connectivity index (χ0n) is 23.6. The van der Waals surface area contributed by atoms with Crippen LogP contribution in [-0.2, 0) is 24.4 Å². The Morgan fingerprint density at radius 3 is 2.47 bits per heavy atom. The van der Waals surface area contributed by atoms with Crippen LogP contribution >= 0.6 is 27.5 Å². The second-order valence-corrected chi connectivity index (χ2v) is 12.0. The van der Waals surface area contributed by atoms with E-state index in [-0.39, 0.29) is 42.4 Å². The molecule has 1 saturated heterocycles. The van der Waals surface area contributed by atoms with Gasteiger partial charge >= 0.3 is 5.69 Å². The molecule has 0 radical (unpaired) electrons. The monoisotopic (exact) mass is 663 g/mol. The van der Waals surface area contributed by atoms with Gasteiger partial charge in [0.2, 0.25) is 0 Å². The largest absolute Gasteiger partial charge is 0.375 e. The van der Waals surface area contributed by atoms with E-state index in [0.717, 1.165) is 24.3 Å². The molecule has 9 nitrogen and oxygen atoms in total. The summed E-state index contributed by atoms with van der Waals surface area (Å²) in [5, 5.41) is 3.42. The lowest BCUT2D eigenvalue weighted by Gasteiger charge is -2.33. The molecule has 11 heteroatoms. The van der Waals surface area contributed by atoms with E-state index in [1.807, 2.05) is 61.5 Å². The number of amides is 2. The molecule has 3 heterocycles. The van der Waals surface area contributed by atoms with Crippen LogP contribution in [0.15, 0.2) is 82.1 Å². The molecule has 1 atom stereocenters. The third kappa shape index (κ3) is 6.00. The number of hydrogen-bond donors (Lipinski definition) is 1. The van der Waals surface area contributed by atoms with Crippen LogP contribution in [0.25, 0.3) is 5.69 Å². The lowest BCUT2D eigenvalue weighted by atomic mass is 10.1. The van der Waals surface area contributed by atoms with Crippen molar-refractivity contribution in [2.75, 3.05) is 31.1 Å². The molecule has 0 spiro atoms. The minimum Gasteiger partial charge on any atom is -0.375 e. The van der Waals surface area contributed by atoms with Gasteiger partial charge in [-0.3, -0.25) is 18.7 Å². The zero-order chi connectivity index (χ0) is 30.1. The Morgan fingerprint density at radius 1 is 1.00 bits per heavy atom. The first kappa shape index (κ1) is 29.2. The Morgan fingerprint density at radius 2 is 1.74 bits per heavy atom. The highest BCUT2D eigenvalue weighted by Crippen LogP contribution is 2.27. The number of morpholine rings is 1. The summed E-state index contributed by atoms with van der Waals surface area (Å²) in [6.07, 6.45) is 0.133. The van der Waals surface area contributed by atoms with Crippen LogP contribution in [0.3, 0.4) is 0 Å². The lowest BCUT2D eigenvalue weighted by molar-refractivity contribution is 0.0532. The highest BCUT2D eigenvalue weighted by atomic mass is 79.9. The summed E-state index contributed by atoms with van der Waals surface area (Å²) in [4.78, 5) is 45.1. The lowest BCUT2D eigenvalue weighted by Crippen LogP contribution is -2.41. The van der Waals surface area contributed by atoms with Gasteiger partial charge in [-0.05, 0) is 70.9 Å². The van der Waals surface area contributed by atoms with E-state index in [1.165, 1.54) is 4.57 Å². The van der Waals surface area contributed by atoms with Gasteiger partial charge in [-0.1, -0.05) is 41.9 Å². The first-order valence-corrected chi connectivity index (χ1v) is 15.3. The van der Waals surface area contributed by atoms with E-state index in [0.29, 0.717) is 46.1 Å². The number of benzene rings is 3. The second-order valence-electron chi connectivity index (χ2n) is 10.7. The van der Waals surface area contributed by atoms with Crippen molar-refractivity contribution in [3.63, 3.8) is 0 Å². The van der Waals surface area contributed by atoms with Crippen molar-refractivity contribution in [2.24, 2.45) is 0 Å². The van der Waals surface area contributed by atoms with Crippen molar-refractivity contribution >= 4 is 45.0 Å². The van der Waals surface area contributed by atoms with E-state index < -0.39 is 0 Å². The van der Waals surface area contributed by atoms with Gasteiger partial charge in [0.05, 0.1) is 35.7 Å². The van der Waals surface area contributed by atoms with Crippen molar-refractivity contribution in [3.05, 3.63) is 115 Å². The summed E-state index contributed by atoms with van der Waals surface area (Å²) in [5.41, 5.74) is 3.38. The van der Waals surface area contributed by atoms with Gasteiger partial charge in [-0.15, -0.1) is 0 Å². The summed E-state index contributed by atoms with van der Waals surface area (Å²) >= 11 is 9.63. The van der Waals surface area contributed by atoms with Crippen LogP contribution < -0.4 is 15.9 Å².